The number of carbonyl (C=O) groups is 1. The van der Waals surface area contributed by atoms with Crippen LogP contribution < -0.4 is 4.74 Å². The number of aliphatic hydroxyl groups excluding tert-OH is 1. The highest BCUT2D eigenvalue weighted by molar-refractivity contribution is 5.94. The van der Waals surface area contributed by atoms with Crippen LogP contribution in [0.25, 0.3) is 0 Å². The van der Waals surface area contributed by atoms with Crippen LogP contribution in [0.4, 0.5) is 4.39 Å². The maximum absolute atomic E-state index is 13.4. The number of amides is 1. The van der Waals surface area contributed by atoms with Crippen LogP contribution in [0.2, 0.25) is 0 Å². The van der Waals surface area contributed by atoms with Gasteiger partial charge in [0.1, 0.15) is 24.3 Å². The molecule has 0 bridgehead atoms. The molecular weight excluding hydrogens is 359 g/mol. The second-order valence-corrected chi connectivity index (χ2v) is 7.19. The van der Waals surface area contributed by atoms with Crippen molar-refractivity contribution in [1.82, 2.24) is 9.80 Å². The quantitative estimate of drug-likeness (QED) is 0.830. The Morgan fingerprint density at radius 1 is 1.14 bits per heavy atom. The minimum atomic E-state index is -0.606. The van der Waals surface area contributed by atoms with Crippen molar-refractivity contribution in [2.24, 2.45) is 0 Å². The molecule has 0 spiro atoms. The molecular formula is C22H27FN2O3. The van der Waals surface area contributed by atoms with Gasteiger partial charge in [0, 0.05) is 31.7 Å². The summed E-state index contributed by atoms with van der Waals surface area (Å²) < 4.78 is 19.1. The Labute approximate surface area is 165 Å². The summed E-state index contributed by atoms with van der Waals surface area (Å²) in [5, 5.41) is 10.3. The number of para-hydroxylation sites is 1. The van der Waals surface area contributed by atoms with E-state index in [1.807, 2.05) is 31.2 Å². The highest BCUT2D eigenvalue weighted by Gasteiger charge is 2.22. The van der Waals surface area contributed by atoms with Gasteiger partial charge in [-0.3, -0.25) is 9.69 Å². The zero-order chi connectivity index (χ0) is 19.9. The van der Waals surface area contributed by atoms with E-state index in [1.165, 1.54) is 12.1 Å². The maximum Gasteiger partial charge on any atom is 0.254 e. The summed E-state index contributed by atoms with van der Waals surface area (Å²) in [5.41, 5.74) is 1.41. The lowest BCUT2D eigenvalue weighted by atomic mass is 10.2. The normalized spacial score (nSPS) is 16.5. The topological polar surface area (TPSA) is 53.0 Å². The van der Waals surface area contributed by atoms with Gasteiger partial charge >= 0.3 is 0 Å². The van der Waals surface area contributed by atoms with E-state index in [0.29, 0.717) is 31.7 Å². The molecule has 0 aromatic heterocycles. The Morgan fingerprint density at radius 2 is 1.96 bits per heavy atom. The predicted octanol–water partition coefficient (Wildman–Crippen LogP) is 2.72. The molecule has 5 nitrogen and oxygen atoms in total. The van der Waals surface area contributed by atoms with E-state index in [2.05, 4.69) is 4.90 Å². The van der Waals surface area contributed by atoms with E-state index >= 15 is 0 Å². The lowest BCUT2D eigenvalue weighted by Gasteiger charge is -2.24. The first-order valence-corrected chi connectivity index (χ1v) is 9.66. The molecule has 0 saturated carbocycles. The molecule has 2 aromatic rings. The summed E-state index contributed by atoms with van der Waals surface area (Å²) >= 11 is 0. The summed E-state index contributed by atoms with van der Waals surface area (Å²) in [7, 11) is 0. The molecule has 1 amide bonds. The summed E-state index contributed by atoms with van der Waals surface area (Å²) in [6.07, 6.45) is 0.206. The number of β-amino-alcohol motifs (C(OH)–C–C–N with tert-alkyl or cyclic N) is 1. The Bertz CT molecular complexity index is 799. The third-order valence-electron chi connectivity index (χ3n) is 4.94. The first kappa shape index (κ1) is 20.3. The van der Waals surface area contributed by atoms with Crippen LogP contribution in [0, 0.1) is 12.7 Å². The van der Waals surface area contributed by atoms with Gasteiger partial charge in [0.2, 0.25) is 0 Å². The molecule has 1 unspecified atom stereocenters. The minimum Gasteiger partial charge on any atom is -0.491 e. The zero-order valence-electron chi connectivity index (χ0n) is 16.2. The number of halogens is 1. The van der Waals surface area contributed by atoms with Crippen LogP contribution in [0.15, 0.2) is 48.5 Å². The number of hydrogen-bond donors (Lipinski definition) is 1. The molecule has 1 heterocycles. The predicted molar refractivity (Wildman–Crippen MR) is 106 cm³/mol. The van der Waals surface area contributed by atoms with Crippen LogP contribution in [0.3, 0.4) is 0 Å². The smallest absolute Gasteiger partial charge is 0.254 e. The minimum absolute atomic E-state index is 0.148. The summed E-state index contributed by atoms with van der Waals surface area (Å²) in [6.45, 7) is 5.35. The first-order valence-electron chi connectivity index (χ1n) is 9.66. The van der Waals surface area contributed by atoms with Gasteiger partial charge in [-0.25, -0.2) is 4.39 Å². The number of carbonyl (C=O) groups excluding carboxylic acids is 1. The van der Waals surface area contributed by atoms with E-state index in [1.54, 1.807) is 17.0 Å². The molecule has 150 valence electrons. The van der Waals surface area contributed by atoms with Crippen molar-refractivity contribution >= 4 is 5.91 Å². The van der Waals surface area contributed by atoms with E-state index in [0.717, 1.165) is 24.3 Å². The van der Waals surface area contributed by atoms with Gasteiger partial charge in [-0.05, 0) is 49.7 Å². The number of aryl methyl sites for hydroxylation is 1. The van der Waals surface area contributed by atoms with Gasteiger partial charge < -0.3 is 14.7 Å². The summed E-state index contributed by atoms with van der Waals surface area (Å²) in [5.74, 6) is 0.230. The van der Waals surface area contributed by atoms with Crippen LogP contribution in [-0.4, -0.2) is 66.2 Å². The Hall–Kier alpha value is -2.44. The molecule has 1 N–H and O–H groups in total. The second kappa shape index (κ2) is 9.66. The van der Waals surface area contributed by atoms with Gasteiger partial charge in [0.25, 0.3) is 5.91 Å². The Kier molecular flexibility index (Phi) is 7.01. The fourth-order valence-corrected chi connectivity index (χ4v) is 3.42. The monoisotopic (exact) mass is 386 g/mol. The van der Waals surface area contributed by atoms with Gasteiger partial charge in [-0.15, -0.1) is 0 Å². The molecule has 1 aliphatic rings. The molecule has 1 saturated heterocycles. The Morgan fingerprint density at radius 3 is 2.75 bits per heavy atom. The van der Waals surface area contributed by atoms with Gasteiger partial charge in [0.05, 0.1) is 0 Å². The van der Waals surface area contributed by atoms with E-state index in [-0.39, 0.29) is 12.5 Å². The van der Waals surface area contributed by atoms with Crippen molar-refractivity contribution in [1.29, 1.82) is 0 Å². The third kappa shape index (κ3) is 5.53. The van der Waals surface area contributed by atoms with Crippen molar-refractivity contribution in [3.05, 3.63) is 65.5 Å². The standard InChI is InChI=1S/C22H27FN2O3/c1-17-6-2-3-9-21(17)28-16-20(26)15-24-10-5-11-25(13-12-24)22(27)18-7-4-8-19(23)14-18/h2-4,6-9,14,20,26H,5,10-13,15-16H2,1H3. The highest BCUT2D eigenvalue weighted by atomic mass is 19.1. The molecule has 3 rings (SSSR count). The number of benzene rings is 2. The van der Waals surface area contributed by atoms with Crippen molar-refractivity contribution in [2.45, 2.75) is 19.4 Å². The first-order chi connectivity index (χ1) is 13.5. The van der Waals surface area contributed by atoms with E-state index in [9.17, 15) is 14.3 Å². The fraction of sp³-hybridized carbons (Fsp3) is 0.409. The van der Waals surface area contributed by atoms with Gasteiger partial charge in [-0.1, -0.05) is 24.3 Å². The number of hydrogen-bond acceptors (Lipinski definition) is 4. The van der Waals surface area contributed by atoms with Crippen molar-refractivity contribution in [2.75, 3.05) is 39.3 Å². The average molecular weight is 386 g/mol. The molecule has 0 radical (unpaired) electrons. The average Bonchev–Trinajstić information content (AvgIpc) is 2.92. The number of rotatable bonds is 6. The van der Waals surface area contributed by atoms with Crippen molar-refractivity contribution in [3.63, 3.8) is 0 Å². The molecule has 6 heteroatoms. The van der Waals surface area contributed by atoms with E-state index < -0.39 is 11.9 Å². The summed E-state index contributed by atoms with van der Waals surface area (Å²) in [4.78, 5) is 16.5. The largest absolute Gasteiger partial charge is 0.491 e. The SMILES string of the molecule is Cc1ccccc1OCC(O)CN1CCCN(C(=O)c2cccc(F)c2)CC1. The van der Waals surface area contributed by atoms with Crippen molar-refractivity contribution in [3.8, 4) is 5.75 Å². The fourth-order valence-electron chi connectivity index (χ4n) is 3.42. The third-order valence-corrected chi connectivity index (χ3v) is 4.94. The molecule has 0 aliphatic carbocycles. The lowest BCUT2D eigenvalue weighted by molar-refractivity contribution is 0.0668. The van der Waals surface area contributed by atoms with Gasteiger partial charge in [-0.2, -0.15) is 0 Å². The summed E-state index contributed by atoms with van der Waals surface area (Å²) in [6, 6.07) is 13.5. The highest BCUT2D eigenvalue weighted by Crippen LogP contribution is 2.16. The van der Waals surface area contributed by atoms with Crippen LogP contribution >= 0.6 is 0 Å². The second-order valence-electron chi connectivity index (χ2n) is 7.19. The molecule has 1 fully saturated rings. The molecule has 28 heavy (non-hydrogen) atoms. The molecule has 2 aromatic carbocycles. The van der Waals surface area contributed by atoms with Crippen molar-refractivity contribution < 1.29 is 19.0 Å². The number of aliphatic hydroxyl groups is 1. The van der Waals surface area contributed by atoms with Gasteiger partial charge in [0.15, 0.2) is 0 Å². The Balaban J connectivity index is 1.48. The van der Waals surface area contributed by atoms with Crippen LogP contribution in [0.5, 0.6) is 5.75 Å². The van der Waals surface area contributed by atoms with Crippen LogP contribution in [-0.2, 0) is 0 Å². The van der Waals surface area contributed by atoms with E-state index in [4.69, 9.17) is 4.74 Å². The number of ether oxygens (including phenoxy) is 1. The molecule has 1 aliphatic heterocycles. The van der Waals surface area contributed by atoms with Crippen LogP contribution in [0.1, 0.15) is 22.3 Å². The lowest BCUT2D eigenvalue weighted by Crippen LogP contribution is -2.39. The number of nitrogens with zero attached hydrogens (tertiary/aromatic N) is 2. The molecule has 1 atom stereocenters. The maximum atomic E-state index is 13.4. The zero-order valence-corrected chi connectivity index (χ0v) is 16.2.